The van der Waals surface area contributed by atoms with Gasteiger partial charge in [0.25, 0.3) is 11.8 Å². The van der Waals surface area contributed by atoms with Gasteiger partial charge in [0.2, 0.25) is 10.0 Å². The van der Waals surface area contributed by atoms with Gasteiger partial charge in [-0.1, -0.05) is 42.5 Å². The van der Waals surface area contributed by atoms with E-state index in [0.717, 1.165) is 23.8 Å². The molecular weight excluding hydrogens is 578 g/mol. The van der Waals surface area contributed by atoms with Crippen molar-refractivity contribution in [1.29, 1.82) is 0 Å². The maximum Gasteiger partial charge on any atom is 0.255 e. The first-order chi connectivity index (χ1) is 21.2. The number of hydrogen-bond acceptors (Lipinski definition) is 7. The molecular formula is C33H33N5O5S. The topological polar surface area (TPSA) is 122 Å². The predicted molar refractivity (Wildman–Crippen MR) is 165 cm³/mol. The molecule has 0 atom stereocenters. The van der Waals surface area contributed by atoms with Gasteiger partial charge in [-0.3, -0.25) is 14.6 Å². The molecule has 1 fully saturated rings. The molecule has 2 amide bonds. The Morgan fingerprint density at radius 3 is 2.25 bits per heavy atom. The summed E-state index contributed by atoms with van der Waals surface area (Å²) in [4.78, 5) is 36.5. The van der Waals surface area contributed by atoms with E-state index in [1.54, 1.807) is 46.9 Å². The summed E-state index contributed by atoms with van der Waals surface area (Å²) in [7, 11) is -3.60. The number of carbonyl (C=O) groups excluding carboxylic acids is 2. The molecule has 11 heteroatoms. The van der Waals surface area contributed by atoms with Crippen LogP contribution in [0.1, 0.15) is 36.0 Å². The lowest BCUT2D eigenvalue weighted by Crippen LogP contribution is -2.48. The molecule has 0 N–H and O–H groups in total. The number of benzene rings is 3. The molecule has 4 heterocycles. The van der Waals surface area contributed by atoms with E-state index in [4.69, 9.17) is 4.74 Å². The Morgan fingerprint density at radius 2 is 1.55 bits per heavy atom. The number of aromatic nitrogens is 1. The Hall–Kier alpha value is -4.32. The van der Waals surface area contributed by atoms with Crippen LogP contribution in [0.4, 0.5) is 5.69 Å². The van der Waals surface area contributed by atoms with Gasteiger partial charge in [0.1, 0.15) is 18.0 Å². The fraction of sp³-hybridized carbons (Fsp3) is 0.303. The number of carbonyl (C=O) groups is 2. The van der Waals surface area contributed by atoms with Crippen LogP contribution in [0.15, 0.2) is 87.8 Å². The third-order valence-corrected chi connectivity index (χ3v) is 9.99. The smallest absolute Gasteiger partial charge is 0.255 e. The summed E-state index contributed by atoms with van der Waals surface area (Å²) in [6.07, 6.45) is 3.04. The van der Waals surface area contributed by atoms with Crippen molar-refractivity contribution in [3.63, 3.8) is 0 Å². The number of anilines is 1. The highest BCUT2D eigenvalue weighted by molar-refractivity contribution is 7.89. The first kappa shape index (κ1) is 29.7. The minimum absolute atomic E-state index is 0.228. The van der Waals surface area contributed by atoms with Crippen molar-refractivity contribution in [3.05, 3.63) is 100 Å². The second kappa shape index (κ2) is 12.4. The van der Waals surface area contributed by atoms with Gasteiger partial charge in [-0.2, -0.15) is 4.31 Å². The summed E-state index contributed by atoms with van der Waals surface area (Å²) in [6, 6.07) is 20.8. The first-order valence-electron chi connectivity index (χ1n) is 14.6. The number of piperidine rings is 1. The lowest BCUT2D eigenvalue weighted by atomic mass is 10.00. The van der Waals surface area contributed by atoms with Crippen LogP contribution in [-0.4, -0.2) is 55.4 Å². The van der Waals surface area contributed by atoms with Gasteiger partial charge in [0, 0.05) is 42.0 Å². The first-order valence-corrected chi connectivity index (χ1v) is 16.0. The molecule has 3 aliphatic heterocycles. The molecule has 1 aromatic heterocycles. The van der Waals surface area contributed by atoms with E-state index in [2.05, 4.69) is 45.0 Å². The highest BCUT2D eigenvalue weighted by atomic mass is 32.2. The summed E-state index contributed by atoms with van der Waals surface area (Å²) in [5.41, 5.74) is 5.27. The fourth-order valence-corrected chi connectivity index (χ4v) is 7.60. The Kier molecular flexibility index (Phi) is 8.35. The zero-order valence-electron chi connectivity index (χ0n) is 24.6. The van der Waals surface area contributed by atoms with Gasteiger partial charge in [-0.05, 0) is 62.1 Å². The number of aryl methyl sites for hydroxylation is 2. The molecule has 44 heavy (non-hydrogen) atoms. The summed E-state index contributed by atoms with van der Waals surface area (Å²) in [6.45, 7) is 6.27. The molecule has 0 bridgehead atoms. The van der Waals surface area contributed by atoms with Gasteiger partial charge < -0.3 is 9.64 Å². The second-order valence-electron chi connectivity index (χ2n) is 11.2. The Labute approximate surface area is 255 Å². The maximum atomic E-state index is 13.5. The van der Waals surface area contributed by atoms with Gasteiger partial charge in [-0.15, -0.1) is 0 Å². The number of ether oxygens (including phenoxy) is 1. The number of sulfonamides is 1. The van der Waals surface area contributed by atoms with Crippen molar-refractivity contribution >= 4 is 38.4 Å². The minimum Gasteiger partial charge on any atom is -0.356 e. The van der Waals surface area contributed by atoms with E-state index >= 15 is 0 Å². The average Bonchev–Trinajstić information content (AvgIpc) is 3.17. The number of nitrogens with zero attached hydrogens (tertiary/aromatic N) is 5. The molecule has 0 aliphatic carbocycles. The monoisotopic (exact) mass is 611 g/mol. The molecule has 226 valence electrons. The second-order valence-corrected chi connectivity index (χ2v) is 13.1. The summed E-state index contributed by atoms with van der Waals surface area (Å²) in [5, 5.41) is 1.80. The zero-order valence-corrected chi connectivity index (χ0v) is 25.5. The van der Waals surface area contributed by atoms with Crippen molar-refractivity contribution < 1.29 is 22.7 Å². The molecule has 4 aromatic rings. The van der Waals surface area contributed by atoms with Gasteiger partial charge >= 0.3 is 0 Å². The average molecular weight is 612 g/mol. The molecule has 10 nitrogen and oxygen atoms in total. The highest BCUT2D eigenvalue weighted by Crippen LogP contribution is 2.35. The van der Waals surface area contributed by atoms with Crippen molar-refractivity contribution in [1.82, 2.24) is 9.29 Å². The van der Waals surface area contributed by atoms with E-state index in [9.17, 15) is 18.0 Å². The maximum absolute atomic E-state index is 13.5. The minimum atomic E-state index is -3.60. The summed E-state index contributed by atoms with van der Waals surface area (Å²) < 4.78 is 34.4. The van der Waals surface area contributed by atoms with Crippen molar-refractivity contribution in [2.24, 2.45) is 9.98 Å². The Bertz CT molecular complexity index is 1940. The molecule has 0 spiro atoms. The molecule has 3 aliphatic rings. The Balaban J connectivity index is 0.000000220. The molecule has 7 rings (SSSR count). The normalized spacial score (nSPS) is 17.5. The number of fused-ring (bicyclic) bond motifs is 3. The van der Waals surface area contributed by atoms with Crippen LogP contribution in [0, 0.1) is 13.8 Å². The van der Waals surface area contributed by atoms with Crippen LogP contribution in [-0.2, 0) is 31.0 Å². The lowest BCUT2D eigenvalue weighted by Gasteiger charge is -2.42. The lowest BCUT2D eigenvalue weighted by molar-refractivity contribution is -0.125. The molecule has 0 radical (unpaired) electrons. The largest absolute Gasteiger partial charge is 0.356 e. The third kappa shape index (κ3) is 6.03. The van der Waals surface area contributed by atoms with Gasteiger partial charge in [0.15, 0.2) is 0 Å². The van der Waals surface area contributed by atoms with Crippen molar-refractivity contribution in [2.75, 3.05) is 24.7 Å². The molecule has 0 unspecified atom stereocenters. The fourth-order valence-electron chi connectivity index (χ4n) is 5.97. The van der Waals surface area contributed by atoms with Crippen LogP contribution in [0.2, 0.25) is 0 Å². The van der Waals surface area contributed by atoms with E-state index in [0.29, 0.717) is 47.6 Å². The third-order valence-electron chi connectivity index (χ3n) is 8.06. The van der Waals surface area contributed by atoms with E-state index < -0.39 is 21.8 Å². The quantitative estimate of drug-likeness (QED) is 0.326. The SMILES string of the molecule is Cc1cnc2c(S(=O)(=O)N3CCC(N4COCc5cccc(C)c54)CC3)cccc2c1.O=C1CC(=O)N=c2ccccc2=N1. The Morgan fingerprint density at radius 1 is 0.864 bits per heavy atom. The number of pyridine rings is 1. The predicted octanol–water partition coefficient (Wildman–Crippen LogP) is 3.38. The molecule has 1 saturated heterocycles. The van der Waals surface area contributed by atoms with Crippen LogP contribution in [0.25, 0.3) is 10.9 Å². The van der Waals surface area contributed by atoms with Gasteiger partial charge in [0.05, 0.1) is 22.8 Å². The van der Waals surface area contributed by atoms with Crippen molar-refractivity contribution in [3.8, 4) is 0 Å². The van der Waals surface area contributed by atoms with Crippen LogP contribution in [0.5, 0.6) is 0 Å². The zero-order chi connectivity index (χ0) is 30.8. The van der Waals surface area contributed by atoms with Gasteiger partial charge in [-0.25, -0.2) is 18.4 Å². The summed E-state index contributed by atoms with van der Waals surface area (Å²) >= 11 is 0. The van der Waals surface area contributed by atoms with Crippen LogP contribution in [0.3, 0.4) is 0 Å². The van der Waals surface area contributed by atoms with Crippen LogP contribution < -0.4 is 15.6 Å². The number of para-hydroxylation sites is 4. The van der Waals surface area contributed by atoms with E-state index in [1.807, 2.05) is 19.1 Å². The van der Waals surface area contributed by atoms with E-state index in [-0.39, 0.29) is 12.5 Å². The van der Waals surface area contributed by atoms with E-state index in [1.165, 1.54) is 16.8 Å². The van der Waals surface area contributed by atoms with Crippen LogP contribution >= 0.6 is 0 Å². The number of amides is 2. The molecule has 0 saturated carbocycles. The number of rotatable bonds is 3. The summed E-state index contributed by atoms with van der Waals surface area (Å²) in [5.74, 6) is -0.864. The molecule has 3 aromatic carbocycles. The number of hydrogen-bond donors (Lipinski definition) is 0. The van der Waals surface area contributed by atoms with Crippen molar-refractivity contribution in [2.45, 2.75) is 50.7 Å². The standard InChI is InChI=1S/C24H27N3O3S.C9H6N2O2/c1-17-13-19-6-4-8-22(23(19)25-14-17)31(28,29)26-11-9-21(10-12-26)27-16-30-15-20-7-3-5-18(2)24(20)27;12-8-5-9(13)11-7-4-2-1-3-6(7)10-8/h3-8,13-14,21H,9-12,15-16H2,1-2H3;1-4H,5H2. The highest BCUT2D eigenvalue weighted by Gasteiger charge is 2.34.